The Balaban J connectivity index is 2.09. The number of aryl methyl sites for hydroxylation is 1. The minimum absolute atomic E-state index is 0.124. The first-order valence-corrected chi connectivity index (χ1v) is 8.58. The highest BCUT2D eigenvalue weighted by molar-refractivity contribution is 7.91. The average Bonchev–Trinajstić information content (AvgIpc) is 2.68. The van der Waals surface area contributed by atoms with Crippen LogP contribution in [0.1, 0.15) is 28.2 Å². The van der Waals surface area contributed by atoms with Crippen molar-refractivity contribution >= 4 is 32.3 Å². The van der Waals surface area contributed by atoms with Gasteiger partial charge in [0, 0.05) is 10.9 Å². The molecule has 0 saturated carbocycles. The summed E-state index contributed by atoms with van der Waals surface area (Å²) < 4.78 is 27.7. The van der Waals surface area contributed by atoms with Gasteiger partial charge in [-0.2, -0.15) is 0 Å². The number of anilines is 1. The molecule has 1 aliphatic heterocycles. The molecular weight excluding hydrogens is 288 g/mol. The molecule has 0 radical (unpaired) electrons. The van der Waals surface area contributed by atoms with E-state index in [1.165, 1.54) is 18.4 Å². The summed E-state index contributed by atoms with van der Waals surface area (Å²) in [5.41, 5.74) is 0.286. The van der Waals surface area contributed by atoms with Crippen LogP contribution in [0.2, 0.25) is 0 Å². The van der Waals surface area contributed by atoms with E-state index in [1.807, 2.05) is 0 Å². The Hall–Kier alpha value is -1.15. The van der Waals surface area contributed by atoms with Crippen molar-refractivity contribution in [2.45, 2.75) is 25.8 Å². The largest absolute Gasteiger partial charge is 0.464 e. The van der Waals surface area contributed by atoms with Crippen LogP contribution in [0.25, 0.3) is 0 Å². The third kappa shape index (κ3) is 3.44. The summed E-state index contributed by atoms with van der Waals surface area (Å²) in [5.74, 6) is -0.0904. The number of ether oxygens (including phenoxy) is 1. The van der Waals surface area contributed by atoms with Gasteiger partial charge in [0.25, 0.3) is 0 Å². The number of methoxy groups -OCH3 is 1. The number of nitrogens with one attached hydrogen (secondary N) is 1. The lowest BCUT2D eigenvalue weighted by atomic mass is 10.2. The maximum atomic E-state index is 11.5. The molecule has 1 fully saturated rings. The Kier molecular flexibility index (Phi) is 4.10. The van der Waals surface area contributed by atoms with Crippen LogP contribution in [0.5, 0.6) is 0 Å². The van der Waals surface area contributed by atoms with Crippen molar-refractivity contribution in [3.8, 4) is 0 Å². The van der Waals surface area contributed by atoms with E-state index in [1.54, 1.807) is 6.92 Å². The number of esters is 1. The molecule has 1 aromatic heterocycles. The molecule has 1 aromatic rings. The Morgan fingerprint density at radius 3 is 2.89 bits per heavy atom. The minimum Gasteiger partial charge on any atom is -0.464 e. The van der Waals surface area contributed by atoms with Gasteiger partial charge in [0.1, 0.15) is 0 Å². The van der Waals surface area contributed by atoms with Crippen molar-refractivity contribution in [3.63, 3.8) is 0 Å². The van der Waals surface area contributed by atoms with E-state index in [0.717, 1.165) is 11.3 Å². The number of carbonyl (C=O) groups is 1. The van der Waals surface area contributed by atoms with Crippen LogP contribution in [0.4, 0.5) is 5.13 Å². The van der Waals surface area contributed by atoms with Gasteiger partial charge < -0.3 is 10.1 Å². The highest BCUT2D eigenvalue weighted by atomic mass is 32.2. The zero-order chi connectivity index (χ0) is 14.0. The highest BCUT2D eigenvalue weighted by Crippen LogP contribution is 2.25. The normalized spacial score (nSPS) is 21.9. The lowest BCUT2D eigenvalue weighted by molar-refractivity contribution is 0.0594. The van der Waals surface area contributed by atoms with Crippen LogP contribution in [0.3, 0.4) is 0 Å². The first kappa shape index (κ1) is 14.3. The van der Waals surface area contributed by atoms with Gasteiger partial charge in [-0.3, -0.25) is 0 Å². The molecule has 1 aliphatic rings. The smallest absolute Gasteiger partial charge is 0.357 e. The summed E-state index contributed by atoms with van der Waals surface area (Å²) in [5, 5.41) is 3.67. The summed E-state index contributed by atoms with van der Waals surface area (Å²) >= 11 is 1.33. The molecule has 1 saturated heterocycles. The number of hydrogen-bond donors (Lipinski definition) is 1. The predicted molar refractivity (Wildman–Crippen MR) is 73.5 cm³/mol. The van der Waals surface area contributed by atoms with Crippen LogP contribution in [-0.4, -0.2) is 44.0 Å². The number of sulfone groups is 1. The van der Waals surface area contributed by atoms with Gasteiger partial charge in [-0.1, -0.05) is 0 Å². The average molecular weight is 304 g/mol. The predicted octanol–water partition coefficient (Wildman–Crippen LogP) is 1.23. The second-order valence-electron chi connectivity index (χ2n) is 4.51. The zero-order valence-corrected chi connectivity index (χ0v) is 12.4. The van der Waals surface area contributed by atoms with E-state index in [-0.39, 0.29) is 23.2 Å². The third-order valence-electron chi connectivity index (χ3n) is 2.97. The third-order valence-corrected chi connectivity index (χ3v) is 5.69. The lowest BCUT2D eigenvalue weighted by Gasteiger charge is -2.22. The topological polar surface area (TPSA) is 85.4 Å². The van der Waals surface area contributed by atoms with Crippen LogP contribution in [-0.2, 0) is 14.6 Å². The summed E-state index contributed by atoms with van der Waals surface area (Å²) in [6, 6.07) is -0.130. The molecule has 19 heavy (non-hydrogen) atoms. The van der Waals surface area contributed by atoms with Crippen molar-refractivity contribution in [1.82, 2.24) is 4.98 Å². The number of nitrogens with zero attached hydrogens (tertiary/aromatic N) is 1. The molecule has 8 heteroatoms. The molecule has 6 nitrogen and oxygen atoms in total. The minimum atomic E-state index is -2.95. The van der Waals surface area contributed by atoms with E-state index in [2.05, 4.69) is 15.0 Å². The van der Waals surface area contributed by atoms with Crippen molar-refractivity contribution in [3.05, 3.63) is 10.6 Å². The first-order chi connectivity index (χ1) is 8.91. The SMILES string of the molecule is COC(=O)c1nc(NC2CCCS(=O)(=O)C2)sc1C. The lowest BCUT2D eigenvalue weighted by Crippen LogP contribution is -2.34. The number of rotatable bonds is 3. The molecule has 0 aromatic carbocycles. The monoisotopic (exact) mass is 304 g/mol. The second kappa shape index (κ2) is 5.46. The van der Waals surface area contributed by atoms with Gasteiger partial charge in [0.15, 0.2) is 20.7 Å². The molecule has 2 rings (SSSR count). The molecule has 1 N–H and O–H groups in total. The van der Waals surface area contributed by atoms with Gasteiger partial charge in [-0.05, 0) is 19.8 Å². The van der Waals surface area contributed by atoms with Gasteiger partial charge in [-0.15, -0.1) is 11.3 Å². The maximum absolute atomic E-state index is 11.5. The van der Waals surface area contributed by atoms with Crippen LogP contribution in [0.15, 0.2) is 0 Å². The molecule has 1 unspecified atom stereocenters. The quantitative estimate of drug-likeness (QED) is 0.845. The van der Waals surface area contributed by atoms with E-state index in [9.17, 15) is 13.2 Å². The van der Waals surface area contributed by atoms with E-state index < -0.39 is 15.8 Å². The molecule has 0 aliphatic carbocycles. The Morgan fingerprint density at radius 1 is 1.53 bits per heavy atom. The van der Waals surface area contributed by atoms with Gasteiger partial charge in [0.05, 0.1) is 18.6 Å². The van der Waals surface area contributed by atoms with Crippen molar-refractivity contribution in [2.24, 2.45) is 0 Å². The number of hydrogen-bond acceptors (Lipinski definition) is 7. The van der Waals surface area contributed by atoms with Crippen molar-refractivity contribution in [1.29, 1.82) is 0 Å². The Labute approximate surface area is 116 Å². The summed E-state index contributed by atoms with van der Waals surface area (Å²) in [6.45, 7) is 1.78. The number of aromatic nitrogens is 1. The van der Waals surface area contributed by atoms with E-state index in [0.29, 0.717) is 11.6 Å². The van der Waals surface area contributed by atoms with E-state index in [4.69, 9.17) is 0 Å². The summed E-state index contributed by atoms with van der Waals surface area (Å²) in [6.07, 6.45) is 1.46. The molecule has 0 amide bonds. The van der Waals surface area contributed by atoms with Crippen LogP contribution in [0, 0.1) is 6.92 Å². The van der Waals surface area contributed by atoms with E-state index >= 15 is 0 Å². The van der Waals surface area contributed by atoms with Crippen molar-refractivity contribution in [2.75, 3.05) is 23.9 Å². The summed E-state index contributed by atoms with van der Waals surface area (Å²) in [7, 11) is -1.65. The first-order valence-electron chi connectivity index (χ1n) is 5.94. The van der Waals surface area contributed by atoms with Gasteiger partial charge in [-0.25, -0.2) is 18.2 Å². The van der Waals surface area contributed by atoms with Crippen molar-refractivity contribution < 1.29 is 17.9 Å². The Bertz CT molecular complexity index is 580. The highest BCUT2D eigenvalue weighted by Gasteiger charge is 2.26. The molecule has 0 spiro atoms. The van der Waals surface area contributed by atoms with Crippen LogP contribution >= 0.6 is 11.3 Å². The Morgan fingerprint density at radius 2 is 2.26 bits per heavy atom. The molecule has 0 bridgehead atoms. The zero-order valence-electron chi connectivity index (χ0n) is 10.8. The number of carbonyl (C=O) groups excluding carboxylic acids is 1. The standard InChI is InChI=1S/C11H16N2O4S2/c1-7-9(10(14)17-2)13-11(18-7)12-8-4-3-5-19(15,16)6-8/h8H,3-6H2,1-2H3,(H,12,13). The van der Waals surface area contributed by atoms with Gasteiger partial charge >= 0.3 is 5.97 Å². The molecular formula is C11H16N2O4S2. The maximum Gasteiger partial charge on any atom is 0.357 e. The second-order valence-corrected chi connectivity index (χ2v) is 7.95. The van der Waals surface area contributed by atoms with Gasteiger partial charge in [0.2, 0.25) is 0 Å². The molecule has 106 valence electrons. The fourth-order valence-corrected chi connectivity index (χ4v) is 4.57. The molecule has 2 heterocycles. The number of thiazole rings is 1. The molecule has 1 atom stereocenters. The fourth-order valence-electron chi connectivity index (χ4n) is 2.06. The fraction of sp³-hybridized carbons (Fsp3) is 0.636. The summed E-state index contributed by atoms with van der Waals surface area (Å²) in [4.78, 5) is 16.4. The van der Waals surface area contributed by atoms with Crippen LogP contribution < -0.4 is 5.32 Å².